The molecule has 0 saturated heterocycles. The van der Waals surface area contributed by atoms with E-state index in [4.69, 9.17) is 14.9 Å². The average Bonchev–Trinajstić information content (AvgIpc) is 2.46. The molecule has 2 aromatic carbocycles. The summed E-state index contributed by atoms with van der Waals surface area (Å²) in [4.78, 5) is 22.2. The maximum absolute atomic E-state index is 11.1. The van der Waals surface area contributed by atoms with Gasteiger partial charge in [-0.3, -0.25) is 0 Å². The SMILES string of the molecule is COc1ccccc1-c1cc(C(=O)O)cc(C(=O)O)c1. The summed E-state index contributed by atoms with van der Waals surface area (Å²) in [6.45, 7) is 0. The minimum atomic E-state index is -1.18. The quantitative estimate of drug-likeness (QED) is 0.894. The van der Waals surface area contributed by atoms with Crippen molar-refractivity contribution in [2.45, 2.75) is 0 Å². The van der Waals surface area contributed by atoms with Crippen LogP contribution in [0.25, 0.3) is 11.1 Å². The lowest BCUT2D eigenvalue weighted by Gasteiger charge is -2.10. The van der Waals surface area contributed by atoms with Gasteiger partial charge in [-0.05, 0) is 29.8 Å². The summed E-state index contributed by atoms with van der Waals surface area (Å²) in [5.41, 5.74) is 0.969. The number of hydrogen-bond donors (Lipinski definition) is 2. The van der Waals surface area contributed by atoms with Crippen LogP contribution in [0.2, 0.25) is 0 Å². The molecule has 0 amide bonds. The van der Waals surface area contributed by atoms with Gasteiger partial charge in [0.1, 0.15) is 5.75 Å². The zero-order valence-corrected chi connectivity index (χ0v) is 10.7. The minimum absolute atomic E-state index is 0.0780. The van der Waals surface area contributed by atoms with E-state index in [0.29, 0.717) is 16.9 Å². The first-order valence-corrected chi connectivity index (χ1v) is 5.78. The Morgan fingerprint density at radius 3 is 2.00 bits per heavy atom. The number of carbonyl (C=O) groups is 2. The van der Waals surface area contributed by atoms with Crippen LogP contribution < -0.4 is 4.74 Å². The summed E-state index contributed by atoms with van der Waals surface area (Å²) >= 11 is 0. The van der Waals surface area contributed by atoms with Crippen molar-refractivity contribution in [2.75, 3.05) is 7.11 Å². The fourth-order valence-corrected chi connectivity index (χ4v) is 1.91. The molecule has 0 atom stereocenters. The standard InChI is InChI=1S/C15H12O5/c1-20-13-5-3-2-4-12(13)9-6-10(14(16)17)8-11(7-9)15(18)19/h2-8H,1H3,(H,16,17)(H,18,19). The predicted octanol–water partition coefficient (Wildman–Crippen LogP) is 2.76. The molecule has 0 heterocycles. The Kier molecular flexibility index (Phi) is 3.70. The van der Waals surface area contributed by atoms with Crippen molar-refractivity contribution in [1.82, 2.24) is 0 Å². The topological polar surface area (TPSA) is 83.8 Å². The monoisotopic (exact) mass is 272 g/mol. The number of carboxylic acid groups (broad SMARTS) is 2. The largest absolute Gasteiger partial charge is 0.496 e. The zero-order chi connectivity index (χ0) is 14.7. The third-order valence-corrected chi connectivity index (χ3v) is 2.84. The highest BCUT2D eigenvalue weighted by Crippen LogP contribution is 2.31. The molecule has 0 aliphatic heterocycles. The van der Waals surface area contributed by atoms with Crippen LogP contribution in [0, 0.1) is 0 Å². The molecule has 0 unspecified atom stereocenters. The second-order valence-corrected chi connectivity index (χ2v) is 4.11. The second-order valence-electron chi connectivity index (χ2n) is 4.11. The lowest BCUT2D eigenvalue weighted by molar-refractivity contribution is 0.0696. The zero-order valence-electron chi connectivity index (χ0n) is 10.7. The number of rotatable bonds is 4. The fourth-order valence-electron chi connectivity index (χ4n) is 1.91. The third kappa shape index (κ3) is 2.61. The van der Waals surface area contributed by atoms with Crippen LogP contribution in [0.5, 0.6) is 5.75 Å². The van der Waals surface area contributed by atoms with Crippen molar-refractivity contribution in [1.29, 1.82) is 0 Å². The van der Waals surface area contributed by atoms with E-state index in [9.17, 15) is 9.59 Å². The van der Waals surface area contributed by atoms with E-state index in [1.807, 2.05) is 0 Å². The van der Waals surface area contributed by atoms with E-state index >= 15 is 0 Å². The van der Waals surface area contributed by atoms with E-state index in [1.54, 1.807) is 24.3 Å². The Bertz CT molecular complexity index is 643. The van der Waals surface area contributed by atoms with Crippen molar-refractivity contribution in [2.24, 2.45) is 0 Å². The molecule has 0 aliphatic carbocycles. The maximum atomic E-state index is 11.1. The Labute approximate surface area is 115 Å². The van der Waals surface area contributed by atoms with Crippen LogP contribution >= 0.6 is 0 Å². The van der Waals surface area contributed by atoms with Gasteiger partial charge in [0, 0.05) is 5.56 Å². The number of carboxylic acids is 2. The van der Waals surface area contributed by atoms with Crippen LogP contribution in [-0.4, -0.2) is 29.3 Å². The summed E-state index contributed by atoms with van der Waals surface area (Å²) in [5, 5.41) is 18.1. The number of hydrogen-bond acceptors (Lipinski definition) is 3. The van der Waals surface area contributed by atoms with Gasteiger partial charge in [-0.1, -0.05) is 18.2 Å². The first-order chi connectivity index (χ1) is 9.52. The van der Waals surface area contributed by atoms with E-state index in [1.165, 1.54) is 19.2 Å². The van der Waals surface area contributed by atoms with Crippen LogP contribution in [-0.2, 0) is 0 Å². The lowest BCUT2D eigenvalue weighted by Crippen LogP contribution is -2.03. The average molecular weight is 272 g/mol. The molecule has 0 fully saturated rings. The third-order valence-electron chi connectivity index (χ3n) is 2.84. The molecule has 0 bridgehead atoms. The summed E-state index contributed by atoms with van der Waals surface area (Å²) in [7, 11) is 1.50. The lowest BCUT2D eigenvalue weighted by atomic mass is 9.99. The molecule has 0 spiro atoms. The normalized spacial score (nSPS) is 10.1. The second kappa shape index (κ2) is 5.44. The van der Waals surface area contributed by atoms with E-state index in [-0.39, 0.29) is 11.1 Å². The summed E-state index contributed by atoms with van der Waals surface area (Å²) in [6, 6.07) is 11.0. The molecular weight excluding hydrogens is 260 g/mol. The van der Waals surface area contributed by atoms with Crippen LogP contribution in [0.3, 0.4) is 0 Å². The molecular formula is C15H12O5. The maximum Gasteiger partial charge on any atom is 0.335 e. The number of para-hydroxylation sites is 1. The first-order valence-electron chi connectivity index (χ1n) is 5.78. The van der Waals surface area contributed by atoms with Gasteiger partial charge in [-0.2, -0.15) is 0 Å². The molecule has 0 aliphatic rings. The summed E-state index contributed by atoms with van der Waals surface area (Å²) < 4.78 is 5.21. The molecule has 0 aromatic heterocycles. The number of ether oxygens (including phenoxy) is 1. The highest BCUT2D eigenvalue weighted by Gasteiger charge is 2.14. The molecule has 0 radical (unpaired) electrons. The number of benzene rings is 2. The Morgan fingerprint density at radius 2 is 1.50 bits per heavy atom. The van der Waals surface area contributed by atoms with Crippen LogP contribution in [0.15, 0.2) is 42.5 Å². The van der Waals surface area contributed by atoms with Crippen molar-refractivity contribution in [3.8, 4) is 16.9 Å². The van der Waals surface area contributed by atoms with Gasteiger partial charge in [0.25, 0.3) is 0 Å². The van der Waals surface area contributed by atoms with Gasteiger partial charge >= 0.3 is 11.9 Å². The predicted molar refractivity (Wildman–Crippen MR) is 72.3 cm³/mol. The summed E-state index contributed by atoms with van der Waals surface area (Å²) in [5.74, 6) is -1.81. The highest BCUT2D eigenvalue weighted by atomic mass is 16.5. The van der Waals surface area contributed by atoms with Crippen LogP contribution in [0.1, 0.15) is 20.7 Å². The molecule has 2 N–H and O–H groups in total. The van der Waals surface area contributed by atoms with Gasteiger partial charge < -0.3 is 14.9 Å². The van der Waals surface area contributed by atoms with E-state index in [2.05, 4.69) is 0 Å². The highest BCUT2D eigenvalue weighted by molar-refractivity contribution is 5.96. The Hall–Kier alpha value is -2.82. The minimum Gasteiger partial charge on any atom is -0.496 e. The Balaban J connectivity index is 2.67. The number of aromatic carboxylic acids is 2. The van der Waals surface area contributed by atoms with Crippen molar-refractivity contribution < 1.29 is 24.5 Å². The first kappa shape index (κ1) is 13.6. The van der Waals surface area contributed by atoms with Gasteiger partial charge in [-0.15, -0.1) is 0 Å². The molecule has 20 heavy (non-hydrogen) atoms. The number of methoxy groups -OCH3 is 1. The van der Waals surface area contributed by atoms with Gasteiger partial charge in [0.15, 0.2) is 0 Å². The van der Waals surface area contributed by atoms with Crippen molar-refractivity contribution in [3.63, 3.8) is 0 Å². The van der Waals surface area contributed by atoms with Gasteiger partial charge in [0.05, 0.1) is 18.2 Å². The smallest absolute Gasteiger partial charge is 0.335 e. The van der Waals surface area contributed by atoms with E-state index in [0.717, 1.165) is 6.07 Å². The van der Waals surface area contributed by atoms with Crippen molar-refractivity contribution >= 4 is 11.9 Å². The fraction of sp³-hybridized carbons (Fsp3) is 0.0667. The van der Waals surface area contributed by atoms with Gasteiger partial charge in [0.2, 0.25) is 0 Å². The summed E-state index contributed by atoms with van der Waals surface area (Å²) in [6.07, 6.45) is 0. The molecule has 102 valence electrons. The molecule has 2 rings (SSSR count). The molecule has 5 heteroatoms. The molecule has 0 saturated carbocycles. The van der Waals surface area contributed by atoms with Crippen molar-refractivity contribution in [3.05, 3.63) is 53.6 Å². The molecule has 5 nitrogen and oxygen atoms in total. The van der Waals surface area contributed by atoms with Crippen LogP contribution in [0.4, 0.5) is 0 Å². The molecule has 2 aromatic rings. The van der Waals surface area contributed by atoms with E-state index < -0.39 is 11.9 Å². The Morgan fingerprint density at radius 1 is 0.950 bits per heavy atom. The van der Waals surface area contributed by atoms with Gasteiger partial charge in [-0.25, -0.2) is 9.59 Å².